The molecule has 0 atom stereocenters. The Bertz CT molecular complexity index is 609. The Hall–Kier alpha value is -2.28. The van der Waals surface area contributed by atoms with Gasteiger partial charge in [0.15, 0.2) is 0 Å². The van der Waals surface area contributed by atoms with E-state index in [0.29, 0.717) is 6.61 Å². The van der Waals surface area contributed by atoms with Gasteiger partial charge in [0, 0.05) is 5.56 Å². The van der Waals surface area contributed by atoms with Crippen LogP contribution in [0.25, 0.3) is 6.08 Å². The molecule has 0 radical (unpaired) electrons. The largest absolute Gasteiger partial charge is 0.488 e. The van der Waals surface area contributed by atoms with Gasteiger partial charge >= 0.3 is 0 Å². The SMILES string of the molecule is C(=CC1=Cc2ccccc2OC1)Cc1ccccc1. The fourth-order valence-corrected chi connectivity index (χ4v) is 2.19. The molecule has 19 heavy (non-hydrogen) atoms. The van der Waals surface area contributed by atoms with E-state index in [9.17, 15) is 0 Å². The maximum Gasteiger partial charge on any atom is 0.127 e. The molecule has 0 fully saturated rings. The van der Waals surface area contributed by atoms with E-state index >= 15 is 0 Å². The van der Waals surface area contributed by atoms with Crippen LogP contribution < -0.4 is 4.74 Å². The number of rotatable bonds is 3. The fraction of sp³-hybridized carbons (Fsp3) is 0.111. The molecule has 0 aromatic heterocycles. The Balaban J connectivity index is 1.70. The lowest BCUT2D eigenvalue weighted by Gasteiger charge is -2.15. The molecule has 1 aliphatic heterocycles. The second kappa shape index (κ2) is 5.57. The highest BCUT2D eigenvalue weighted by Gasteiger charge is 2.07. The molecule has 0 unspecified atom stereocenters. The van der Waals surface area contributed by atoms with Gasteiger partial charge in [-0.25, -0.2) is 0 Å². The predicted octanol–water partition coefficient (Wildman–Crippen LogP) is 4.26. The molecule has 0 N–H and O–H groups in total. The Morgan fingerprint density at radius 3 is 2.63 bits per heavy atom. The summed E-state index contributed by atoms with van der Waals surface area (Å²) >= 11 is 0. The summed E-state index contributed by atoms with van der Waals surface area (Å²) in [5, 5.41) is 0. The van der Waals surface area contributed by atoms with Crippen LogP contribution in [0.4, 0.5) is 0 Å². The van der Waals surface area contributed by atoms with Crippen LogP contribution >= 0.6 is 0 Å². The van der Waals surface area contributed by atoms with Crippen molar-refractivity contribution in [2.45, 2.75) is 6.42 Å². The molecule has 1 aliphatic rings. The highest BCUT2D eigenvalue weighted by Crippen LogP contribution is 2.26. The number of ether oxygens (including phenoxy) is 1. The second-order valence-corrected chi connectivity index (χ2v) is 4.64. The van der Waals surface area contributed by atoms with Gasteiger partial charge in [-0.05, 0) is 29.7 Å². The summed E-state index contributed by atoms with van der Waals surface area (Å²) in [6, 6.07) is 18.6. The van der Waals surface area contributed by atoms with Gasteiger partial charge in [-0.15, -0.1) is 0 Å². The van der Waals surface area contributed by atoms with Gasteiger partial charge in [0.1, 0.15) is 12.4 Å². The van der Waals surface area contributed by atoms with Crippen molar-refractivity contribution < 1.29 is 4.74 Å². The highest BCUT2D eigenvalue weighted by molar-refractivity contribution is 5.64. The molecule has 1 heteroatoms. The number of allylic oxidation sites excluding steroid dienone is 1. The Kier molecular flexibility index (Phi) is 3.46. The van der Waals surface area contributed by atoms with Gasteiger partial charge in [0.2, 0.25) is 0 Å². The summed E-state index contributed by atoms with van der Waals surface area (Å²) in [6.45, 7) is 0.655. The molecular weight excluding hydrogens is 232 g/mol. The van der Waals surface area contributed by atoms with E-state index in [2.05, 4.69) is 48.6 Å². The lowest BCUT2D eigenvalue weighted by Crippen LogP contribution is -2.05. The number of benzene rings is 2. The summed E-state index contributed by atoms with van der Waals surface area (Å²) in [5.41, 5.74) is 3.71. The average molecular weight is 248 g/mol. The first-order chi connectivity index (χ1) is 9.42. The lowest BCUT2D eigenvalue weighted by atomic mass is 10.1. The van der Waals surface area contributed by atoms with Crippen molar-refractivity contribution in [3.63, 3.8) is 0 Å². The molecule has 0 spiro atoms. The molecule has 1 heterocycles. The van der Waals surface area contributed by atoms with Gasteiger partial charge in [-0.3, -0.25) is 0 Å². The Morgan fingerprint density at radius 1 is 0.947 bits per heavy atom. The molecule has 94 valence electrons. The topological polar surface area (TPSA) is 9.23 Å². The summed E-state index contributed by atoms with van der Waals surface area (Å²) in [5.74, 6) is 0.975. The van der Waals surface area contributed by atoms with Crippen molar-refractivity contribution in [2.24, 2.45) is 0 Å². The van der Waals surface area contributed by atoms with E-state index in [4.69, 9.17) is 4.74 Å². The van der Waals surface area contributed by atoms with Crippen molar-refractivity contribution in [1.82, 2.24) is 0 Å². The zero-order valence-electron chi connectivity index (χ0n) is 10.8. The summed E-state index contributed by atoms with van der Waals surface area (Å²) in [6.07, 6.45) is 7.50. The van der Waals surface area contributed by atoms with Crippen LogP contribution in [0, 0.1) is 0 Å². The van der Waals surface area contributed by atoms with Crippen molar-refractivity contribution in [3.8, 4) is 5.75 Å². The normalized spacial score (nSPS) is 13.8. The Morgan fingerprint density at radius 2 is 1.74 bits per heavy atom. The minimum absolute atomic E-state index is 0.655. The molecule has 0 aliphatic carbocycles. The average Bonchev–Trinajstić information content (AvgIpc) is 2.48. The van der Waals surface area contributed by atoms with Crippen LogP contribution in [-0.4, -0.2) is 6.61 Å². The predicted molar refractivity (Wildman–Crippen MR) is 79.2 cm³/mol. The molecule has 3 rings (SSSR count). The standard InChI is InChI=1S/C18H16O/c1-2-7-15(8-3-1)9-6-10-16-13-17-11-4-5-12-18(17)19-14-16/h1-8,10-13H,9,14H2. The minimum Gasteiger partial charge on any atom is -0.488 e. The van der Waals surface area contributed by atoms with E-state index in [1.165, 1.54) is 11.1 Å². The van der Waals surface area contributed by atoms with Gasteiger partial charge in [0.25, 0.3) is 0 Å². The summed E-state index contributed by atoms with van der Waals surface area (Å²) in [4.78, 5) is 0. The molecular formula is C18H16O. The van der Waals surface area contributed by atoms with Crippen LogP contribution in [-0.2, 0) is 6.42 Å². The first kappa shape index (κ1) is 11.8. The van der Waals surface area contributed by atoms with Gasteiger partial charge < -0.3 is 4.74 Å². The van der Waals surface area contributed by atoms with Gasteiger partial charge in [-0.1, -0.05) is 60.7 Å². The van der Waals surface area contributed by atoms with Gasteiger partial charge in [0.05, 0.1) is 0 Å². The highest BCUT2D eigenvalue weighted by atomic mass is 16.5. The monoisotopic (exact) mass is 248 g/mol. The quantitative estimate of drug-likeness (QED) is 0.788. The van der Waals surface area contributed by atoms with E-state index in [0.717, 1.165) is 17.7 Å². The van der Waals surface area contributed by atoms with Crippen molar-refractivity contribution in [1.29, 1.82) is 0 Å². The molecule has 0 amide bonds. The maximum atomic E-state index is 5.72. The van der Waals surface area contributed by atoms with Crippen molar-refractivity contribution in [2.75, 3.05) is 6.61 Å². The zero-order valence-corrected chi connectivity index (χ0v) is 10.8. The van der Waals surface area contributed by atoms with Crippen LogP contribution in [0.5, 0.6) is 5.75 Å². The molecule has 0 saturated heterocycles. The van der Waals surface area contributed by atoms with Gasteiger partial charge in [-0.2, -0.15) is 0 Å². The minimum atomic E-state index is 0.655. The third-order valence-electron chi connectivity index (χ3n) is 3.18. The van der Waals surface area contributed by atoms with Crippen LogP contribution in [0.15, 0.2) is 72.3 Å². The number of fused-ring (bicyclic) bond motifs is 1. The molecule has 0 saturated carbocycles. The first-order valence-electron chi connectivity index (χ1n) is 6.55. The fourth-order valence-electron chi connectivity index (χ4n) is 2.19. The zero-order chi connectivity index (χ0) is 12.9. The van der Waals surface area contributed by atoms with E-state index < -0.39 is 0 Å². The van der Waals surface area contributed by atoms with E-state index in [1.54, 1.807) is 0 Å². The lowest BCUT2D eigenvalue weighted by molar-refractivity contribution is 0.351. The van der Waals surface area contributed by atoms with Crippen molar-refractivity contribution >= 4 is 6.08 Å². The number of para-hydroxylation sites is 1. The van der Waals surface area contributed by atoms with Crippen molar-refractivity contribution in [3.05, 3.63) is 83.4 Å². The first-order valence-corrected chi connectivity index (χ1v) is 6.55. The number of hydrogen-bond donors (Lipinski definition) is 0. The smallest absolute Gasteiger partial charge is 0.127 e. The molecule has 1 nitrogen and oxygen atoms in total. The van der Waals surface area contributed by atoms with E-state index in [-0.39, 0.29) is 0 Å². The summed E-state index contributed by atoms with van der Waals surface area (Å²) < 4.78 is 5.72. The third-order valence-corrected chi connectivity index (χ3v) is 3.18. The molecule has 2 aromatic rings. The van der Waals surface area contributed by atoms with E-state index in [1.807, 2.05) is 24.3 Å². The van der Waals surface area contributed by atoms with Crippen LogP contribution in [0.3, 0.4) is 0 Å². The van der Waals surface area contributed by atoms with Crippen LogP contribution in [0.1, 0.15) is 11.1 Å². The molecule has 0 bridgehead atoms. The molecule has 2 aromatic carbocycles. The maximum absolute atomic E-state index is 5.72. The Labute approximate surface area is 113 Å². The third kappa shape index (κ3) is 2.94. The summed E-state index contributed by atoms with van der Waals surface area (Å²) in [7, 11) is 0. The second-order valence-electron chi connectivity index (χ2n) is 4.64. The van der Waals surface area contributed by atoms with Crippen LogP contribution in [0.2, 0.25) is 0 Å². The number of hydrogen-bond acceptors (Lipinski definition) is 1.